The van der Waals surface area contributed by atoms with Gasteiger partial charge in [0, 0.05) is 12.1 Å². The highest BCUT2D eigenvalue weighted by atomic mass is 15.1. The second kappa shape index (κ2) is 4.21. The molecule has 1 aliphatic rings. The lowest BCUT2D eigenvalue weighted by Gasteiger charge is -2.19. The van der Waals surface area contributed by atoms with E-state index in [2.05, 4.69) is 26.7 Å². The molecule has 1 aromatic heterocycles. The van der Waals surface area contributed by atoms with Gasteiger partial charge in [-0.25, -0.2) is 9.97 Å². The summed E-state index contributed by atoms with van der Waals surface area (Å²) in [5, 5.41) is 15.4. The van der Waals surface area contributed by atoms with Crippen molar-refractivity contribution >= 4 is 11.6 Å². The van der Waals surface area contributed by atoms with Crippen molar-refractivity contribution in [2.75, 3.05) is 10.6 Å². The molecule has 0 aliphatic heterocycles. The van der Waals surface area contributed by atoms with Gasteiger partial charge in [-0.15, -0.1) is 0 Å². The van der Waals surface area contributed by atoms with Crippen LogP contribution in [-0.2, 0) is 0 Å². The lowest BCUT2D eigenvalue weighted by molar-refractivity contribution is 0.721. The van der Waals surface area contributed by atoms with Crippen molar-refractivity contribution in [2.45, 2.75) is 45.2 Å². The van der Waals surface area contributed by atoms with Crippen LogP contribution in [-0.4, -0.2) is 21.5 Å². The van der Waals surface area contributed by atoms with Crippen LogP contribution in [0.3, 0.4) is 0 Å². The Hall–Kier alpha value is -1.83. The molecule has 1 aliphatic carbocycles. The minimum atomic E-state index is -0.627. The highest BCUT2D eigenvalue weighted by molar-refractivity contribution is 5.50. The lowest BCUT2D eigenvalue weighted by atomic mass is 10.1. The van der Waals surface area contributed by atoms with Crippen LogP contribution >= 0.6 is 0 Å². The second-order valence-electron chi connectivity index (χ2n) is 4.97. The molecule has 0 saturated heterocycles. The van der Waals surface area contributed by atoms with Crippen LogP contribution in [0.15, 0.2) is 6.07 Å². The SMILES string of the molecule is Cc1nc(NC2CC2)cc(NC(C)(C)C#N)n1. The fourth-order valence-corrected chi connectivity index (χ4v) is 1.49. The van der Waals surface area contributed by atoms with Gasteiger partial charge in [-0.2, -0.15) is 5.26 Å². The van der Waals surface area contributed by atoms with Crippen molar-refractivity contribution in [2.24, 2.45) is 0 Å². The molecule has 0 amide bonds. The number of nitriles is 1. The van der Waals surface area contributed by atoms with Gasteiger partial charge in [-0.3, -0.25) is 0 Å². The van der Waals surface area contributed by atoms with E-state index in [1.54, 1.807) is 0 Å². The fourth-order valence-electron chi connectivity index (χ4n) is 1.49. The Bertz CT molecular complexity index is 456. The smallest absolute Gasteiger partial charge is 0.133 e. The Morgan fingerprint density at radius 1 is 1.35 bits per heavy atom. The average Bonchev–Trinajstić information content (AvgIpc) is 3.00. The van der Waals surface area contributed by atoms with E-state index in [-0.39, 0.29) is 0 Å². The van der Waals surface area contributed by atoms with Gasteiger partial charge >= 0.3 is 0 Å². The molecule has 0 spiro atoms. The van der Waals surface area contributed by atoms with Crippen LogP contribution in [0.25, 0.3) is 0 Å². The summed E-state index contributed by atoms with van der Waals surface area (Å²) in [7, 11) is 0. The van der Waals surface area contributed by atoms with Crippen molar-refractivity contribution < 1.29 is 0 Å². The topological polar surface area (TPSA) is 73.6 Å². The zero-order valence-electron chi connectivity index (χ0n) is 10.4. The van der Waals surface area contributed by atoms with E-state index in [0.29, 0.717) is 17.7 Å². The maximum atomic E-state index is 8.98. The number of anilines is 2. The highest BCUT2D eigenvalue weighted by Gasteiger charge is 2.22. The van der Waals surface area contributed by atoms with Crippen molar-refractivity contribution in [3.63, 3.8) is 0 Å². The summed E-state index contributed by atoms with van der Waals surface area (Å²) in [5.41, 5.74) is -0.627. The van der Waals surface area contributed by atoms with Crippen molar-refractivity contribution in [3.8, 4) is 6.07 Å². The third kappa shape index (κ3) is 3.31. The van der Waals surface area contributed by atoms with Crippen molar-refractivity contribution in [1.82, 2.24) is 9.97 Å². The molecule has 2 rings (SSSR count). The zero-order chi connectivity index (χ0) is 12.5. The largest absolute Gasteiger partial charge is 0.367 e. The van der Waals surface area contributed by atoms with E-state index >= 15 is 0 Å². The van der Waals surface area contributed by atoms with Crippen LogP contribution in [0.4, 0.5) is 11.6 Å². The Kier molecular flexibility index (Phi) is 2.88. The highest BCUT2D eigenvalue weighted by Crippen LogP contribution is 2.25. The first-order chi connectivity index (χ1) is 7.98. The molecule has 1 aromatic rings. The molecule has 0 atom stereocenters. The van der Waals surface area contributed by atoms with Gasteiger partial charge in [0.1, 0.15) is 23.0 Å². The van der Waals surface area contributed by atoms with E-state index in [1.807, 2.05) is 26.8 Å². The number of hydrogen-bond donors (Lipinski definition) is 2. The molecule has 0 aromatic carbocycles. The van der Waals surface area contributed by atoms with Crippen LogP contribution in [0.1, 0.15) is 32.5 Å². The molecular weight excluding hydrogens is 214 g/mol. The summed E-state index contributed by atoms with van der Waals surface area (Å²) in [6.45, 7) is 5.49. The Morgan fingerprint density at radius 3 is 2.59 bits per heavy atom. The van der Waals surface area contributed by atoms with Gasteiger partial charge in [-0.1, -0.05) is 0 Å². The van der Waals surface area contributed by atoms with Gasteiger partial charge in [-0.05, 0) is 33.6 Å². The molecule has 0 bridgehead atoms. The molecule has 90 valence electrons. The molecule has 2 N–H and O–H groups in total. The molecular formula is C12H17N5. The third-order valence-corrected chi connectivity index (χ3v) is 2.49. The normalized spacial score (nSPS) is 15.2. The molecule has 1 fully saturated rings. The van der Waals surface area contributed by atoms with Gasteiger partial charge in [0.15, 0.2) is 0 Å². The fraction of sp³-hybridized carbons (Fsp3) is 0.583. The monoisotopic (exact) mass is 231 g/mol. The molecule has 0 unspecified atom stereocenters. The van der Waals surface area contributed by atoms with E-state index < -0.39 is 5.54 Å². The Morgan fingerprint density at radius 2 is 2.00 bits per heavy atom. The number of rotatable bonds is 4. The van der Waals surface area contributed by atoms with E-state index in [9.17, 15) is 0 Å². The predicted octanol–water partition coefficient (Wildman–Crippen LogP) is 2.07. The number of nitrogens with zero attached hydrogens (tertiary/aromatic N) is 3. The predicted molar refractivity (Wildman–Crippen MR) is 66.7 cm³/mol. The van der Waals surface area contributed by atoms with Crippen molar-refractivity contribution in [1.29, 1.82) is 5.26 Å². The summed E-state index contributed by atoms with van der Waals surface area (Å²) in [6, 6.07) is 4.60. The first-order valence-corrected chi connectivity index (χ1v) is 5.80. The van der Waals surface area contributed by atoms with E-state index in [1.165, 1.54) is 12.8 Å². The Labute approximate surface area is 101 Å². The van der Waals surface area contributed by atoms with E-state index in [4.69, 9.17) is 5.26 Å². The van der Waals surface area contributed by atoms with Crippen LogP contribution in [0, 0.1) is 18.3 Å². The number of hydrogen-bond acceptors (Lipinski definition) is 5. The summed E-state index contributed by atoms with van der Waals surface area (Å²) < 4.78 is 0. The quantitative estimate of drug-likeness (QED) is 0.829. The second-order valence-corrected chi connectivity index (χ2v) is 4.97. The standard InChI is InChI=1S/C12H17N5/c1-8-14-10(16-9-4-5-9)6-11(15-8)17-12(2,3)7-13/h6,9H,4-5H2,1-3H3,(H2,14,15,16,17). The van der Waals surface area contributed by atoms with Crippen LogP contribution in [0.5, 0.6) is 0 Å². The number of aryl methyl sites for hydroxylation is 1. The van der Waals surface area contributed by atoms with Crippen LogP contribution < -0.4 is 10.6 Å². The maximum Gasteiger partial charge on any atom is 0.133 e. The molecule has 5 nitrogen and oxygen atoms in total. The number of aromatic nitrogens is 2. The summed E-state index contributed by atoms with van der Waals surface area (Å²) in [6.07, 6.45) is 2.41. The van der Waals surface area contributed by atoms with E-state index in [0.717, 1.165) is 5.82 Å². The van der Waals surface area contributed by atoms with Gasteiger partial charge in [0.2, 0.25) is 0 Å². The maximum absolute atomic E-state index is 8.98. The summed E-state index contributed by atoms with van der Waals surface area (Å²) in [4.78, 5) is 8.61. The first kappa shape index (κ1) is 11.6. The van der Waals surface area contributed by atoms with Gasteiger partial charge in [0.25, 0.3) is 0 Å². The van der Waals surface area contributed by atoms with Gasteiger partial charge in [0.05, 0.1) is 6.07 Å². The Balaban J connectivity index is 2.16. The van der Waals surface area contributed by atoms with Crippen molar-refractivity contribution in [3.05, 3.63) is 11.9 Å². The minimum absolute atomic E-state index is 0.557. The number of nitrogens with one attached hydrogen (secondary N) is 2. The van der Waals surface area contributed by atoms with Gasteiger partial charge < -0.3 is 10.6 Å². The average molecular weight is 231 g/mol. The lowest BCUT2D eigenvalue weighted by Crippen LogP contribution is -2.29. The molecule has 17 heavy (non-hydrogen) atoms. The molecule has 1 saturated carbocycles. The van der Waals surface area contributed by atoms with Crippen LogP contribution in [0.2, 0.25) is 0 Å². The zero-order valence-corrected chi connectivity index (χ0v) is 10.4. The molecule has 1 heterocycles. The first-order valence-electron chi connectivity index (χ1n) is 5.80. The summed E-state index contributed by atoms with van der Waals surface area (Å²) >= 11 is 0. The molecule has 5 heteroatoms. The minimum Gasteiger partial charge on any atom is -0.367 e. The third-order valence-electron chi connectivity index (χ3n) is 2.49. The summed E-state index contributed by atoms with van der Waals surface area (Å²) in [5.74, 6) is 2.22. The molecule has 0 radical (unpaired) electrons.